The Labute approximate surface area is 164 Å². The molecular formula is C23H22N2O3. The highest BCUT2D eigenvalue weighted by Gasteiger charge is 2.34. The maximum atomic E-state index is 13.4. The van der Waals surface area contributed by atoms with E-state index in [1.54, 1.807) is 17.0 Å². The van der Waals surface area contributed by atoms with Gasteiger partial charge in [-0.05, 0) is 53.9 Å². The first-order valence-electron chi connectivity index (χ1n) is 9.27. The molecule has 28 heavy (non-hydrogen) atoms. The molecule has 5 nitrogen and oxygen atoms in total. The number of hydrogen-bond donors (Lipinski definition) is 2. The molecule has 1 aliphatic heterocycles. The van der Waals surface area contributed by atoms with Crippen LogP contribution in [0.4, 0.5) is 11.4 Å². The normalized spacial score (nSPS) is 15.7. The number of nitrogens with one attached hydrogen (secondary N) is 1. The molecule has 1 heterocycles. The third-order valence-electron chi connectivity index (χ3n) is 5.07. The standard InChI is InChI=1S/C23H22N2O3/c1-3-15-8-11-17(12-9-15)25-22(16-10-13-21(28-2)20(26)14-16)24-19-7-5-4-6-18(19)23(25)27/h4-14,22,24,26H,3H2,1-2H3/t22-/m1/s1. The molecule has 0 saturated heterocycles. The van der Waals surface area contributed by atoms with Crippen molar-refractivity contribution in [1.29, 1.82) is 0 Å². The number of amides is 1. The molecule has 0 fully saturated rings. The fraction of sp³-hybridized carbons (Fsp3) is 0.174. The molecule has 4 rings (SSSR count). The number of para-hydroxylation sites is 1. The van der Waals surface area contributed by atoms with Crippen molar-refractivity contribution in [1.82, 2.24) is 0 Å². The molecule has 0 spiro atoms. The Hall–Kier alpha value is -3.47. The number of anilines is 2. The van der Waals surface area contributed by atoms with E-state index in [9.17, 15) is 9.90 Å². The summed E-state index contributed by atoms with van der Waals surface area (Å²) in [7, 11) is 1.51. The van der Waals surface area contributed by atoms with Gasteiger partial charge < -0.3 is 15.2 Å². The first-order chi connectivity index (χ1) is 13.6. The quantitative estimate of drug-likeness (QED) is 0.693. The number of rotatable bonds is 4. The van der Waals surface area contributed by atoms with Gasteiger partial charge in [0.1, 0.15) is 6.17 Å². The molecule has 1 aliphatic rings. The summed E-state index contributed by atoms with van der Waals surface area (Å²) in [6.45, 7) is 2.10. The van der Waals surface area contributed by atoms with Crippen LogP contribution in [0.5, 0.6) is 11.5 Å². The molecule has 1 amide bonds. The summed E-state index contributed by atoms with van der Waals surface area (Å²) in [4.78, 5) is 15.1. The van der Waals surface area contributed by atoms with Crippen LogP contribution >= 0.6 is 0 Å². The van der Waals surface area contributed by atoms with Crippen molar-refractivity contribution in [2.24, 2.45) is 0 Å². The number of nitrogens with zero attached hydrogens (tertiary/aromatic N) is 1. The average molecular weight is 374 g/mol. The van der Waals surface area contributed by atoms with Gasteiger partial charge in [0.05, 0.1) is 12.7 Å². The highest BCUT2D eigenvalue weighted by atomic mass is 16.5. The smallest absolute Gasteiger partial charge is 0.262 e. The lowest BCUT2D eigenvalue weighted by Crippen LogP contribution is -2.43. The minimum atomic E-state index is -0.452. The van der Waals surface area contributed by atoms with Crippen LogP contribution in [0.1, 0.15) is 34.6 Å². The molecule has 0 aromatic heterocycles. The summed E-state index contributed by atoms with van der Waals surface area (Å²) in [5, 5.41) is 13.7. The Morgan fingerprint density at radius 2 is 1.82 bits per heavy atom. The molecule has 142 valence electrons. The zero-order chi connectivity index (χ0) is 19.7. The monoisotopic (exact) mass is 374 g/mol. The third-order valence-corrected chi connectivity index (χ3v) is 5.07. The van der Waals surface area contributed by atoms with E-state index < -0.39 is 6.17 Å². The Kier molecular flexibility index (Phi) is 4.65. The van der Waals surface area contributed by atoms with Crippen LogP contribution in [-0.2, 0) is 6.42 Å². The molecule has 0 unspecified atom stereocenters. The van der Waals surface area contributed by atoms with Gasteiger partial charge in [-0.15, -0.1) is 0 Å². The highest BCUT2D eigenvalue weighted by Crippen LogP contribution is 2.38. The van der Waals surface area contributed by atoms with Crippen molar-refractivity contribution in [3.8, 4) is 11.5 Å². The number of carbonyl (C=O) groups excluding carboxylic acids is 1. The van der Waals surface area contributed by atoms with Gasteiger partial charge in [0.25, 0.3) is 5.91 Å². The van der Waals surface area contributed by atoms with Gasteiger partial charge in [0.2, 0.25) is 0 Å². The van der Waals surface area contributed by atoms with Gasteiger partial charge in [0.15, 0.2) is 11.5 Å². The van der Waals surface area contributed by atoms with Gasteiger partial charge in [-0.2, -0.15) is 0 Å². The lowest BCUT2D eigenvalue weighted by molar-refractivity contribution is 0.0975. The summed E-state index contributed by atoms with van der Waals surface area (Å²) in [6.07, 6.45) is 0.483. The van der Waals surface area contributed by atoms with Crippen molar-refractivity contribution >= 4 is 17.3 Å². The second kappa shape index (κ2) is 7.27. The molecule has 0 bridgehead atoms. The number of methoxy groups -OCH3 is 1. The van der Waals surface area contributed by atoms with Crippen LogP contribution in [0, 0.1) is 0 Å². The Morgan fingerprint density at radius 1 is 1.07 bits per heavy atom. The Morgan fingerprint density at radius 3 is 2.50 bits per heavy atom. The van der Waals surface area contributed by atoms with Crippen LogP contribution in [0.15, 0.2) is 66.7 Å². The average Bonchev–Trinajstić information content (AvgIpc) is 2.74. The van der Waals surface area contributed by atoms with Crippen molar-refractivity contribution in [2.45, 2.75) is 19.5 Å². The Bertz CT molecular complexity index is 1010. The van der Waals surface area contributed by atoms with Crippen LogP contribution in [0.3, 0.4) is 0 Å². The van der Waals surface area contributed by atoms with E-state index in [0.29, 0.717) is 11.3 Å². The van der Waals surface area contributed by atoms with Crippen molar-refractivity contribution < 1.29 is 14.6 Å². The zero-order valence-electron chi connectivity index (χ0n) is 15.8. The van der Waals surface area contributed by atoms with Gasteiger partial charge in [-0.25, -0.2) is 0 Å². The fourth-order valence-corrected chi connectivity index (χ4v) is 3.52. The van der Waals surface area contributed by atoms with Crippen LogP contribution < -0.4 is 15.0 Å². The predicted molar refractivity (Wildman–Crippen MR) is 110 cm³/mol. The summed E-state index contributed by atoms with van der Waals surface area (Å²) in [5.41, 5.74) is 4.16. The van der Waals surface area contributed by atoms with E-state index >= 15 is 0 Å². The first kappa shape index (κ1) is 17.9. The lowest BCUT2D eigenvalue weighted by Gasteiger charge is -2.38. The van der Waals surface area contributed by atoms with Gasteiger partial charge in [-0.1, -0.05) is 37.3 Å². The number of ether oxygens (including phenoxy) is 1. The first-order valence-corrected chi connectivity index (χ1v) is 9.27. The number of aromatic hydroxyl groups is 1. The molecule has 3 aromatic carbocycles. The molecular weight excluding hydrogens is 352 g/mol. The Balaban J connectivity index is 1.83. The van der Waals surface area contributed by atoms with E-state index in [-0.39, 0.29) is 11.7 Å². The summed E-state index contributed by atoms with van der Waals surface area (Å²) in [6, 6.07) is 20.6. The highest BCUT2D eigenvalue weighted by molar-refractivity contribution is 6.12. The van der Waals surface area contributed by atoms with Gasteiger partial charge in [0, 0.05) is 11.4 Å². The van der Waals surface area contributed by atoms with E-state index in [4.69, 9.17) is 4.74 Å². The van der Waals surface area contributed by atoms with Gasteiger partial charge >= 0.3 is 0 Å². The van der Waals surface area contributed by atoms with Gasteiger partial charge in [-0.3, -0.25) is 9.69 Å². The van der Waals surface area contributed by atoms with Crippen molar-refractivity contribution in [3.63, 3.8) is 0 Å². The molecule has 0 aliphatic carbocycles. The number of phenols is 1. The van der Waals surface area contributed by atoms with Crippen LogP contribution in [0.25, 0.3) is 0 Å². The second-order valence-corrected chi connectivity index (χ2v) is 6.72. The van der Waals surface area contributed by atoms with E-state index in [0.717, 1.165) is 23.4 Å². The van der Waals surface area contributed by atoms with Crippen molar-refractivity contribution in [2.75, 3.05) is 17.3 Å². The fourth-order valence-electron chi connectivity index (χ4n) is 3.52. The number of fused-ring (bicyclic) bond motifs is 1. The summed E-state index contributed by atoms with van der Waals surface area (Å²) >= 11 is 0. The topological polar surface area (TPSA) is 61.8 Å². The minimum absolute atomic E-state index is 0.0365. The van der Waals surface area contributed by atoms with Crippen LogP contribution in [-0.4, -0.2) is 18.1 Å². The zero-order valence-corrected chi connectivity index (χ0v) is 15.8. The maximum absolute atomic E-state index is 13.4. The van der Waals surface area contributed by atoms with Crippen molar-refractivity contribution in [3.05, 3.63) is 83.4 Å². The predicted octanol–water partition coefficient (Wildman–Crippen LogP) is 4.73. The number of aryl methyl sites for hydroxylation is 1. The largest absolute Gasteiger partial charge is 0.504 e. The van der Waals surface area contributed by atoms with Crippen LogP contribution in [0.2, 0.25) is 0 Å². The molecule has 0 saturated carbocycles. The molecule has 0 radical (unpaired) electrons. The molecule has 2 N–H and O–H groups in total. The SMILES string of the molecule is CCc1ccc(N2C(=O)c3ccccc3N[C@H]2c2ccc(OC)c(O)c2)cc1. The number of benzene rings is 3. The third kappa shape index (κ3) is 3.05. The number of carbonyl (C=O) groups is 1. The molecule has 1 atom stereocenters. The lowest BCUT2D eigenvalue weighted by atomic mass is 10.0. The summed E-state index contributed by atoms with van der Waals surface area (Å²) < 4.78 is 5.15. The van der Waals surface area contributed by atoms with E-state index in [1.807, 2.05) is 54.6 Å². The maximum Gasteiger partial charge on any atom is 0.262 e. The molecule has 3 aromatic rings. The van der Waals surface area contributed by atoms with E-state index in [2.05, 4.69) is 12.2 Å². The summed E-state index contributed by atoms with van der Waals surface area (Å²) in [5.74, 6) is 0.346. The number of hydrogen-bond acceptors (Lipinski definition) is 4. The minimum Gasteiger partial charge on any atom is -0.504 e. The second-order valence-electron chi connectivity index (χ2n) is 6.72. The number of phenolic OH excluding ortho intramolecular Hbond substituents is 1. The molecule has 5 heteroatoms. The van der Waals surface area contributed by atoms with E-state index in [1.165, 1.54) is 12.7 Å².